The van der Waals surface area contributed by atoms with E-state index in [0.717, 1.165) is 44.3 Å². The van der Waals surface area contributed by atoms with Gasteiger partial charge in [0.1, 0.15) is 34.0 Å². The summed E-state index contributed by atoms with van der Waals surface area (Å²) in [6.45, 7) is 4.02. The Bertz CT molecular complexity index is 2480. The van der Waals surface area contributed by atoms with Crippen LogP contribution in [-0.2, 0) is 0 Å². The molecule has 3 aliphatic heterocycles. The molecule has 2 aromatic heterocycles. The molecule has 4 atom stereocenters. The van der Waals surface area contributed by atoms with E-state index >= 15 is 8.78 Å². The van der Waals surface area contributed by atoms with Crippen LogP contribution in [0.2, 0.25) is 0 Å². The SMILES string of the molecule is C#Cc1c(F)ccc2cc(O)cc(-c3nc(OC)c4c(N5CC6CCC(C5)N6C(=O)NC56CC(C(F)(F)F)(C5)C6)nc(OCC5(CN6CC7CC7C6)CC5)nc4c3F)c12. The highest BCUT2D eigenvalue weighted by molar-refractivity contribution is 6.04. The van der Waals surface area contributed by atoms with E-state index in [1.165, 1.54) is 37.8 Å². The standard InChI is InChI=1S/C43H42F5N7O4/c1-3-28-30(44)7-4-22-11-27(56)12-29(31(22)28)34-33(45)35-32(37(49-34)58-2)36(51-38(50-35)59-21-40(8-9-40)20-53-13-23-10-24(23)14-53)54-15-25-5-6-26(16-54)55(25)39(57)52-42-17-41(18-42,19-42)43(46,47)48/h1,4,7,11-12,23-26,56H,5-6,8-10,13-21H2,2H3,(H,52,57). The Kier molecular flexibility index (Phi) is 7.77. The molecule has 5 aliphatic carbocycles. The molecule has 16 heteroatoms. The fourth-order valence-corrected chi connectivity index (χ4v) is 11.2. The molecule has 59 heavy (non-hydrogen) atoms. The van der Waals surface area contributed by atoms with Gasteiger partial charge in [0.25, 0.3) is 0 Å². The van der Waals surface area contributed by atoms with Crippen molar-refractivity contribution in [2.24, 2.45) is 22.7 Å². The number of urea groups is 1. The fourth-order valence-electron chi connectivity index (χ4n) is 11.2. The van der Waals surface area contributed by atoms with Gasteiger partial charge in [0, 0.05) is 54.6 Å². The molecule has 11 nitrogen and oxygen atoms in total. The van der Waals surface area contributed by atoms with Gasteiger partial charge in [-0.2, -0.15) is 23.1 Å². The number of benzene rings is 2. The van der Waals surface area contributed by atoms with Crippen molar-refractivity contribution in [3.63, 3.8) is 0 Å². The predicted molar refractivity (Wildman–Crippen MR) is 206 cm³/mol. The zero-order valence-electron chi connectivity index (χ0n) is 32.3. The van der Waals surface area contributed by atoms with Crippen LogP contribution in [-0.4, -0.2) is 106 Å². The van der Waals surface area contributed by atoms with E-state index in [4.69, 9.17) is 20.9 Å². The Morgan fingerprint density at radius 1 is 1.02 bits per heavy atom. The number of methoxy groups -OCH3 is 1. The number of aromatic nitrogens is 3. The number of ether oxygens (including phenoxy) is 2. The van der Waals surface area contributed by atoms with Gasteiger partial charge in [-0.1, -0.05) is 12.0 Å². The van der Waals surface area contributed by atoms with Crippen molar-refractivity contribution >= 4 is 33.5 Å². The van der Waals surface area contributed by atoms with E-state index in [9.17, 15) is 23.1 Å². The molecule has 2 amide bonds. The minimum absolute atomic E-state index is 0.0332. The number of fused-ring (bicyclic) bond motifs is 5. The summed E-state index contributed by atoms with van der Waals surface area (Å²) in [5, 5.41) is 14.4. The number of terminal acetylenes is 1. The van der Waals surface area contributed by atoms with Crippen LogP contribution in [0, 0.1) is 46.6 Å². The van der Waals surface area contributed by atoms with Crippen molar-refractivity contribution < 1.29 is 41.3 Å². The van der Waals surface area contributed by atoms with Gasteiger partial charge in [-0.25, -0.2) is 18.6 Å². The lowest BCUT2D eigenvalue weighted by atomic mass is 9.39. The average molecular weight is 816 g/mol. The van der Waals surface area contributed by atoms with Gasteiger partial charge in [-0.15, -0.1) is 6.42 Å². The molecular formula is C43H42F5N7O4. The number of nitrogens with zero attached hydrogens (tertiary/aromatic N) is 6. The number of amides is 2. The molecule has 0 spiro atoms. The first-order valence-electron chi connectivity index (χ1n) is 20.4. The lowest BCUT2D eigenvalue weighted by Gasteiger charge is -2.70. The van der Waals surface area contributed by atoms with Gasteiger partial charge >= 0.3 is 18.2 Å². The van der Waals surface area contributed by atoms with Crippen molar-refractivity contribution in [2.75, 3.05) is 51.3 Å². The van der Waals surface area contributed by atoms with E-state index in [1.807, 2.05) is 4.90 Å². The minimum Gasteiger partial charge on any atom is -0.508 e. The van der Waals surface area contributed by atoms with Crippen molar-refractivity contribution in [1.29, 1.82) is 0 Å². The highest BCUT2D eigenvalue weighted by Gasteiger charge is 2.79. The fraction of sp³-hybridized carbons (Fsp3) is 0.535. The van der Waals surface area contributed by atoms with E-state index in [1.54, 1.807) is 4.90 Å². The van der Waals surface area contributed by atoms with Crippen LogP contribution < -0.4 is 19.7 Å². The number of hydrogen-bond acceptors (Lipinski definition) is 9. The molecule has 8 fully saturated rings. The number of rotatable bonds is 9. The van der Waals surface area contributed by atoms with Gasteiger partial charge in [0.15, 0.2) is 5.82 Å². The van der Waals surface area contributed by atoms with E-state index < -0.39 is 28.8 Å². The van der Waals surface area contributed by atoms with Crippen LogP contribution in [0.3, 0.4) is 0 Å². The summed E-state index contributed by atoms with van der Waals surface area (Å²) in [6, 6.07) is 4.29. The quantitative estimate of drug-likeness (QED) is 0.140. The van der Waals surface area contributed by atoms with E-state index in [-0.39, 0.29) is 93.5 Å². The molecule has 5 heterocycles. The van der Waals surface area contributed by atoms with Crippen LogP contribution >= 0.6 is 0 Å². The second-order valence-electron chi connectivity index (χ2n) is 18.5. The maximum Gasteiger partial charge on any atom is 0.394 e. The number of aromatic hydroxyl groups is 1. The second kappa shape index (κ2) is 12.4. The van der Waals surface area contributed by atoms with Crippen LogP contribution in [0.4, 0.5) is 32.6 Å². The molecule has 8 aliphatic rings. The summed E-state index contributed by atoms with van der Waals surface area (Å²) >= 11 is 0. The number of anilines is 1. The molecular weight excluding hydrogens is 774 g/mol. The number of phenols is 1. The van der Waals surface area contributed by atoms with Crippen LogP contribution in [0.5, 0.6) is 17.6 Å². The third-order valence-corrected chi connectivity index (χ3v) is 14.5. The highest BCUT2D eigenvalue weighted by Crippen LogP contribution is 2.73. The first kappa shape index (κ1) is 36.9. The van der Waals surface area contributed by atoms with Gasteiger partial charge in [-0.3, -0.25) is 0 Å². The molecule has 3 saturated heterocycles. The summed E-state index contributed by atoms with van der Waals surface area (Å²) in [5.74, 6) is 2.41. The zero-order valence-corrected chi connectivity index (χ0v) is 32.3. The monoisotopic (exact) mass is 815 g/mol. The number of piperidine rings is 1. The summed E-state index contributed by atoms with van der Waals surface area (Å²) in [7, 11) is 1.38. The van der Waals surface area contributed by atoms with Gasteiger partial charge in [-0.05, 0) is 86.8 Å². The van der Waals surface area contributed by atoms with E-state index in [2.05, 4.69) is 26.1 Å². The third-order valence-electron chi connectivity index (χ3n) is 14.5. The largest absolute Gasteiger partial charge is 0.508 e. The zero-order chi connectivity index (χ0) is 40.8. The smallest absolute Gasteiger partial charge is 0.394 e. The van der Waals surface area contributed by atoms with Crippen LogP contribution in [0.15, 0.2) is 24.3 Å². The molecule has 4 aromatic rings. The average Bonchev–Trinajstić information content (AvgIpc) is 4.05. The number of alkyl halides is 3. The van der Waals surface area contributed by atoms with Crippen LogP contribution in [0.25, 0.3) is 32.9 Å². The number of pyridine rings is 1. The molecule has 2 N–H and O–H groups in total. The van der Waals surface area contributed by atoms with Gasteiger partial charge < -0.3 is 34.6 Å². The number of halogens is 5. The lowest BCUT2D eigenvalue weighted by molar-refractivity contribution is -0.337. The number of piperazine rings is 1. The summed E-state index contributed by atoms with van der Waals surface area (Å²) < 4.78 is 85.4. The summed E-state index contributed by atoms with van der Waals surface area (Å²) in [5.41, 5.74) is -3.10. The summed E-state index contributed by atoms with van der Waals surface area (Å²) in [4.78, 5) is 34.1. The normalized spacial score (nSPS) is 29.8. The molecule has 2 aromatic carbocycles. The Hall–Kier alpha value is -5.17. The first-order chi connectivity index (χ1) is 28.2. The molecule has 4 unspecified atom stereocenters. The van der Waals surface area contributed by atoms with Crippen molar-refractivity contribution in [1.82, 2.24) is 30.1 Å². The Balaban J connectivity index is 0.958. The van der Waals surface area contributed by atoms with Gasteiger partial charge in [0.05, 0.1) is 36.8 Å². The van der Waals surface area contributed by atoms with Crippen molar-refractivity contribution in [3.05, 3.63) is 41.5 Å². The molecule has 5 saturated carbocycles. The predicted octanol–water partition coefficient (Wildman–Crippen LogP) is 6.78. The highest BCUT2D eigenvalue weighted by atomic mass is 19.4. The maximum atomic E-state index is 17.4. The van der Waals surface area contributed by atoms with Gasteiger partial charge in [0.2, 0.25) is 5.88 Å². The van der Waals surface area contributed by atoms with Crippen molar-refractivity contribution in [3.8, 4) is 41.2 Å². The van der Waals surface area contributed by atoms with E-state index in [0.29, 0.717) is 43.7 Å². The number of carbonyl (C=O) groups excluding carboxylic acids is 1. The number of likely N-dealkylation sites (tertiary alicyclic amines) is 1. The topological polar surface area (TPSA) is 116 Å². The Morgan fingerprint density at radius 2 is 1.73 bits per heavy atom. The summed E-state index contributed by atoms with van der Waals surface area (Å²) in [6.07, 6.45) is 5.78. The Morgan fingerprint density at radius 3 is 2.37 bits per heavy atom. The molecule has 4 bridgehead atoms. The number of phenolic OH excluding ortho intramolecular Hbond substituents is 1. The first-order valence-corrected chi connectivity index (χ1v) is 20.4. The molecule has 0 radical (unpaired) electrons. The number of carbonyl (C=O) groups is 1. The maximum absolute atomic E-state index is 17.4. The molecule has 308 valence electrons. The lowest BCUT2D eigenvalue weighted by Crippen LogP contribution is -2.79. The molecule has 12 rings (SSSR count). The minimum atomic E-state index is -4.28. The van der Waals surface area contributed by atoms with Crippen molar-refractivity contribution in [2.45, 2.75) is 75.2 Å². The Labute approximate surface area is 336 Å². The second-order valence-corrected chi connectivity index (χ2v) is 18.5. The van der Waals surface area contributed by atoms with Crippen LogP contribution in [0.1, 0.15) is 56.9 Å². The third kappa shape index (κ3) is 5.69. The number of nitrogens with one attached hydrogen (secondary N) is 1. The number of hydrogen-bond donors (Lipinski definition) is 2.